The zero-order valence-electron chi connectivity index (χ0n) is 19.3. The van der Waals surface area contributed by atoms with Crippen LogP contribution in [-0.4, -0.2) is 58.5 Å². The maximum atomic E-state index is 13.0. The molecule has 1 unspecified atom stereocenters. The Hall–Kier alpha value is -2.93. The number of esters is 1. The van der Waals surface area contributed by atoms with Gasteiger partial charge in [-0.25, -0.2) is 4.79 Å². The van der Waals surface area contributed by atoms with E-state index in [2.05, 4.69) is 4.90 Å². The third-order valence-electron chi connectivity index (χ3n) is 5.69. The van der Waals surface area contributed by atoms with Crippen LogP contribution in [0, 0.1) is 0 Å². The number of carbonyl (C=O) groups is 1. The third-order valence-corrected chi connectivity index (χ3v) is 5.69. The van der Waals surface area contributed by atoms with Gasteiger partial charge in [-0.2, -0.15) is 0 Å². The van der Waals surface area contributed by atoms with Crippen molar-refractivity contribution in [3.63, 3.8) is 0 Å². The molecule has 2 aromatic carbocycles. The highest BCUT2D eigenvalue weighted by molar-refractivity contribution is 5.91. The normalized spacial score (nSPS) is 19.2. The third kappa shape index (κ3) is 4.28. The van der Waals surface area contributed by atoms with Gasteiger partial charge in [-0.15, -0.1) is 0 Å². The molecule has 0 bridgehead atoms. The van der Waals surface area contributed by atoms with Gasteiger partial charge in [0.2, 0.25) is 5.75 Å². The molecule has 0 fully saturated rings. The summed E-state index contributed by atoms with van der Waals surface area (Å²) in [6.45, 7) is 4.25. The lowest BCUT2D eigenvalue weighted by atomic mass is 9.77. The Morgan fingerprint density at radius 1 is 1.03 bits per heavy atom. The van der Waals surface area contributed by atoms with Crippen LogP contribution >= 0.6 is 0 Å². The van der Waals surface area contributed by atoms with Crippen molar-refractivity contribution in [2.24, 2.45) is 0 Å². The van der Waals surface area contributed by atoms with E-state index in [9.17, 15) is 4.79 Å². The fourth-order valence-electron chi connectivity index (χ4n) is 4.20. The van der Waals surface area contributed by atoms with Gasteiger partial charge in [0.15, 0.2) is 11.5 Å². The minimum absolute atomic E-state index is 0.166. The second-order valence-electron chi connectivity index (χ2n) is 8.45. The van der Waals surface area contributed by atoms with Gasteiger partial charge in [0.05, 0.1) is 32.4 Å². The van der Waals surface area contributed by atoms with Crippen LogP contribution in [-0.2, 0) is 10.3 Å². The molecule has 0 saturated heterocycles. The summed E-state index contributed by atoms with van der Waals surface area (Å²) in [5, 5.41) is 0. The summed E-state index contributed by atoms with van der Waals surface area (Å²) in [5.74, 6) is 1.55. The van der Waals surface area contributed by atoms with Gasteiger partial charge < -0.3 is 23.7 Å². The predicted octanol–water partition coefficient (Wildman–Crippen LogP) is 3.89. The van der Waals surface area contributed by atoms with E-state index in [4.69, 9.17) is 23.7 Å². The van der Waals surface area contributed by atoms with Crippen LogP contribution in [0.25, 0.3) is 0 Å². The maximum Gasteiger partial charge on any atom is 0.338 e. The van der Waals surface area contributed by atoms with Gasteiger partial charge in [-0.1, -0.05) is 18.2 Å². The number of nitrogens with zero attached hydrogens (tertiary/aromatic N) is 1. The fraction of sp³-hybridized carbons (Fsp3) is 0.458. The lowest BCUT2D eigenvalue weighted by Crippen LogP contribution is -2.54. The fourth-order valence-corrected chi connectivity index (χ4v) is 4.20. The molecule has 7 nitrogen and oxygen atoms in total. The van der Waals surface area contributed by atoms with E-state index in [0.717, 1.165) is 11.3 Å². The first-order chi connectivity index (χ1) is 14.7. The molecule has 168 valence electrons. The average Bonchev–Trinajstić information content (AvgIpc) is 2.75. The maximum absolute atomic E-state index is 13.0. The van der Waals surface area contributed by atoms with Crippen molar-refractivity contribution < 1.29 is 28.5 Å². The van der Waals surface area contributed by atoms with Crippen molar-refractivity contribution in [1.82, 2.24) is 4.90 Å². The molecule has 0 N–H and O–H groups in total. The number of hydrogen-bond donors (Lipinski definition) is 0. The topological polar surface area (TPSA) is 66.5 Å². The molecule has 0 aliphatic carbocycles. The number of rotatable bonds is 7. The minimum atomic E-state index is -0.533. The summed E-state index contributed by atoms with van der Waals surface area (Å²) in [4.78, 5) is 15.1. The lowest BCUT2D eigenvalue weighted by molar-refractivity contribution is -0.0463. The van der Waals surface area contributed by atoms with Gasteiger partial charge in [-0.05, 0) is 46.1 Å². The van der Waals surface area contributed by atoms with Gasteiger partial charge >= 0.3 is 5.97 Å². The van der Waals surface area contributed by atoms with Gasteiger partial charge in [-0.3, -0.25) is 4.90 Å². The van der Waals surface area contributed by atoms with Crippen molar-refractivity contribution in [3.05, 3.63) is 47.5 Å². The van der Waals surface area contributed by atoms with Crippen molar-refractivity contribution in [3.8, 4) is 23.0 Å². The van der Waals surface area contributed by atoms with Crippen LogP contribution in [0.5, 0.6) is 23.0 Å². The summed E-state index contributed by atoms with van der Waals surface area (Å²) in [6.07, 6.45) is 0.659. The first-order valence-electron chi connectivity index (χ1n) is 10.1. The number of para-hydroxylation sites is 1. The molecule has 3 rings (SSSR count). The minimum Gasteiger partial charge on any atom is -0.493 e. The Bertz CT molecular complexity index is 930. The number of carbonyl (C=O) groups excluding carboxylic acids is 1. The Labute approximate surface area is 183 Å². The van der Waals surface area contributed by atoms with Crippen LogP contribution in [0.1, 0.15) is 36.2 Å². The van der Waals surface area contributed by atoms with E-state index < -0.39 is 17.1 Å². The van der Waals surface area contributed by atoms with Crippen LogP contribution in [0.3, 0.4) is 0 Å². The van der Waals surface area contributed by atoms with E-state index in [-0.39, 0.29) is 6.61 Å². The lowest BCUT2D eigenvalue weighted by Gasteiger charge is -2.49. The summed E-state index contributed by atoms with van der Waals surface area (Å²) in [6, 6.07) is 11.1. The van der Waals surface area contributed by atoms with Crippen molar-refractivity contribution in [1.29, 1.82) is 0 Å². The number of likely N-dealkylation sites (N-methyl/N-ethyl adjacent to an activating group) is 1. The summed E-state index contributed by atoms with van der Waals surface area (Å²) < 4.78 is 28.1. The summed E-state index contributed by atoms with van der Waals surface area (Å²) in [5.41, 5.74) is 0.367. The Kier molecular flexibility index (Phi) is 6.36. The van der Waals surface area contributed by atoms with Crippen molar-refractivity contribution in [2.75, 3.05) is 42.0 Å². The van der Waals surface area contributed by atoms with Crippen molar-refractivity contribution in [2.45, 2.75) is 31.4 Å². The predicted molar refractivity (Wildman–Crippen MR) is 118 cm³/mol. The molecular formula is C24H31NO6. The number of fused-ring (bicyclic) bond motifs is 1. The molecule has 0 saturated carbocycles. The zero-order chi connectivity index (χ0) is 22.8. The van der Waals surface area contributed by atoms with E-state index >= 15 is 0 Å². The molecule has 0 aromatic heterocycles. The molecule has 1 atom stereocenters. The molecule has 0 amide bonds. The second kappa shape index (κ2) is 8.67. The highest BCUT2D eigenvalue weighted by atomic mass is 16.5. The first kappa shape index (κ1) is 22.7. The molecule has 7 heteroatoms. The molecule has 2 aromatic rings. The quantitative estimate of drug-likeness (QED) is 0.619. The molecule has 1 aliphatic rings. The van der Waals surface area contributed by atoms with Crippen LogP contribution < -0.4 is 18.9 Å². The first-order valence-corrected chi connectivity index (χ1v) is 10.1. The number of hydrogen-bond acceptors (Lipinski definition) is 7. The van der Waals surface area contributed by atoms with Gasteiger partial charge in [0.1, 0.15) is 18.0 Å². The molecule has 31 heavy (non-hydrogen) atoms. The highest BCUT2D eigenvalue weighted by Crippen LogP contribution is 2.46. The number of benzene rings is 2. The largest absolute Gasteiger partial charge is 0.493 e. The molecule has 0 spiro atoms. The van der Waals surface area contributed by atoms with E-state index in [1.807, 2.05) is 52.2 Å². The zero-order valence-corrected chi connectivity index (χ0v) is 19.3. The smallest absolute Gasteiger partial charge is 0.338 e. The highest BCUT2D eigenvalue weighted by Gasteiger charge is 2.47. The van der Waals surface area contributed by atoms with Crippen LogP contribution in [0.4, 0.5) is 0 Å². The van der Waals surface area contributed by atoms with Crippen molar-refractivity contribution >= 4 is 5.97 Å². The molecule has 1 heterocycles. The Morgan fingerprint density at radius 3 is 2.19 bits per heavy atom. The van der Waals surface area contributed by atoms with Gasteiger partial charge in [0.25, 0.3) is 0 Å². The van der Waals surface area contributed by atoms with Crippen LogP contribution in [0.2, 0.25) is 0 Å². The SMILES string of the molecule is COc1cc(C(=O)OCC2(N(C)C)CC(C)(C)Oc3ccccc32)cc(OC)c1OC. The molecule has 1 aliphatic heterocycles. The monoisotopic (exact) mass is 429 g/mol. The standard InChI is InChI=1S/C24H31NO6/c1-23(2)14-24(25(3)4,17-10-8-9-11-18(17)31-23)15-30-22(26)16-12-19(27-5)21(29-7)20(13-16)28-6/h8-13H,14-15H2,1-7H3. The van der Waals surface area contributed by atoms with E-state index in [1.54, 1.807) is 12.1 Å². The van der Waals surface area contributed by atoms with Gasteiger partial charge in [0, 0.05) is 12.0 Å². The van der Waals surface area contributed by atoms with E-state index in [1.165, 1.54) is 21.3 Å². The molecular weight excluding hydrogens is 398 g/mol. The second-order valence-corrected chi connectivity index (χ2v) is 8.45. The average molecular weight is 430 g/mol. The Balaban J connectivity index is 1.94. The van der Waals surface area contributed by atoms with E-state index in [0.29, 0.717) is 29.2 Å². The Morgan fingerprint density at radius 2 is 1.65 bits per heavy atom. The number of methoxy groups -OCH3 is 3. The van der Waals surface area contributed by atoms with Crippen LogP contribution in [0.15, 0.2) is 36.4 Å². The summed E-state index contributed by atoms with van der Waals surface area (Å²) >= 11 is 0. The number of ether oxygens (including phenoxy) is 5. The molecule has 0 radical (unpaired) electrons. The summed E-state index contributed by atoms with van der Waals surface area (Å²) in [7, 11) is 8.52.